The lowest BCUT2D eigenvalue weighted by atomic mass is 9.88. The molecule has 2 aromatic heterocycles. The zero-order valence-corrected chi connectivity index (χ0v) is 26.6. The number of fused-ring (bicyclic) bond motifs is 1. The van der Waals surface area contributed by atoms with E-state index in [1.807, 2.05) is 17.2 Å². The predicted octanol–water partition coefficient (Wildman–Crippen LogP) is 3.49. The molecule has 9 nitrogen and oxygen atoms in total. The molecule has 10 heteroatoms. The summed E-state index contributed by atoms with van der Waals surface area (Å²) in [6.07, 6.45) is 6.13. The molecule has 0 spiro atoms. The molecule has 0 radical (unpaired) electrons. The van der Waals surface area contributed by atoms with Gasteiger partial charge in [-0.2, -0.15) is 0 Å². The molecule has 4 atom stereocenters. The third kappa shape index (κ3) is 6.48. The molecule has 1 aromatic carbocycles. The van der Waals surface area contributed by atoms with Crippen LogP contribution in [-0.4, -0.2) is 101 Å². The summed E-state index contributed by atoms with van der Waals surface area (Å²) in [6, 6.07) is 11.6. The van der Waals surface area contributed by atoms with Gasteiger partial charge in [0.2, 0.25) is 11.9 Å². The van der Waals surface area contributed by atoms with Crippen molar-refractivity contribution in [2.75, 3.05) is 55.6 Å². The molecular formula is C34H45FN8O. The summed E-state index contributed by atoms with van der Waals surface area (Å²) in [6.45, 7) is 16.4. The van der Waals surface area contributed by atoms with Gasteiger partial charge in [0.25, 0.3) is 0 Å². The molecule has 0 aliphatic carbocycles. The minimum atomic E-state index is -0.248. The Bertz CT molecular complexity index is 1440. The van der Waals surface area contributed by atoms with Gasteiger partial charge in [-0.15, -0.1) is 0 Å². The Kier molecular flexibility index (Phi) is 8.68. The highest BCUT2D eigenvalue weighted by Gasteiger charge is 2.41. The normalized spacial score (nSPS) is 25.7. The predicted molar refractivity (Wildman–Crippen MR) is 172 cm³/mol. The van der Waals surface area contributed by atoms with E-state index in [4.69, 9.17) is 4.98 Å². The fourth-order valence-corrected chi connectivity index (χ4v) is 7.17. The number of hydrogen-bond acceptors (Lipinski definition) is 8. The van der Waals surface area contributed by atoms with Crippen LogP contribution in [0.15, 0.2) is 55.0 Å². The number of rotatable bonds is 7. The van der Waals surface area contributed by atoms with Gasteiger partial charge >= 0.3 is 0 Å². The van der Waals surface area contributed by atoms with Crippen molar-refractivity contribution < 1.29 is 9.18 Å². The maximum Gasteiger partial charge on any atom is 0.241 e. The van der Waals surface area contributed by atoms with E-state index in [0.717, 1.165) is 61.2 Å². The summed E-state index contributed by atoms with van der Waals surface area (Å²) in [5.41, 5.74) is 3.74. The van der Waals surface area contributed by atoms with Crippen LogP contribution in [0, 0.1) is 5.82 Å². The molecule has 1 N–H and O–H groups in total. The standard InChI is InChI=1S/C34H45FN8O/c1-23-17-40(29(15-38-23)20-42-24(2)18-41(19-25(42)3)33-36-11-6-12-37-33)21-32(44)43-22-34(4,5)30-16-39-28(14-31(30)43)13-26-7-9-27(35)10-8-26/h6-12,14,16,23-25,29,38H,13,15,17-22H2,1-5H3/t23-,24-,25-,29-/m1/s1. The van der Waals surface area contributed by atoms with Crippen LogP contribution in [-0.2, 0) is 16.6 Å². The number of halogens is 1. The highest BCUT2D eigenvalue weighted by molar-refractivity contribution is 5.97. The van der Waals surface area contributed by atoms with Crippen molar-refractivity contribution in [2.24, 2.45) is 0 Å². The third-order valence-electron chi connectivity index (χ3n) is 9.53. The van der Waals surface area contributed by atoms with Crippen LogP contribution in [0.25, 0.3) is 0 Å². The minimum absolute atomic E-state index is 0.127. The summed E-state index contributed by atoms with van der Waals surface area (Å²) < 4.78 is 13.4. The summed E-state index contributed by atoms with van der Waals surface area (Å²) in [7, 11) is 0. The quantitative estimate of drug-likeness (QED) is 0.442. The van der Waals surface area contributed by atoms with Crippen molar-refractivity contribution in [1.82, 2.24) is 30.1 Å². The molecule has 5 heterocycles. The van der Waals surface area contributed by atoms with E-state index in [1.165, 1.54) is 12.1 Å². The first-order chi connectivity index (χ1) is 21.1. The van der Waals surface area contributed by atoms with Gasteiger partial charge in [0, 0.05) is 105 Å². The Labute approximate surface area is 260 Å². The molecule has 1 amide bonds. The molecule has 6 rings (SSSR count). The molecule has 3 aliphatic rings. The van der Waals surface area contributed by atoms with Crippen LogP contribution < -0.4 is 15.1 Å². The topological polar surface area (TPSA) is 80.7 Å². The Balaban J connectivity index is 1.16. The smallest absolute Gasteiger partial charge is 0.241 e. The number of hydrogen-bond donors (Lipinski definition) is 1. The summed E-state index contributed by atoms with van der Waals surface area (Å²) in [5.74, 6) is 0.667. The Morgan fingerprint density at radius 3 is 2.43 bits per heavy atom. The van der Waals surface area contributed by atoms with Crippen LogP contribution in [0.2, 0.25) is 0 Å². The van der Waals surface area contributed by atoms with Gasteiger partial charge in [-0.3, -0.25) is 19.6 Å². The van der Waals surface area contributed by atoms with Crippen molar-refractivity contribution in [2.45, 2.75) is 70.6 Å². The number of anilines is 2. The van der Waals surface area contributed by atoms with E-state index in [-0.39, 0.29) is 23.2 Å². The maximum absolute atomic E-state index is 14.1. The molecule has 0 bridgehead atoms. The lowest BCUT2D eigenvalue weighted by Crippen LogP contribution is -2.65. The molecule has 3 aliphatic heterocycles. The highest BCUT2D eigenvalue weighted by atomic mass is 19.1. The van der Waals surface area contributed by atoms with Gasteiger partial charge < -0.3 is 15.1 Å². The first kappa shape index (κ1) is 30.6. The number of piperazine rings is 2. The lowest BCUT2D eigenvalue weighted by Gasteiger charge is -2.48. The van der Waals surface area contributed by atoms with Crippen molar-refractivity contribution in [3.63, 3.8) is 0 Å². The van der Waals surface area contributed by atoms with E-state index in [9.17, 15) is 9.18 Å². The van der Waals surface area contributed by atoms with Crippen LogP contribution in [0.5, 0.6) is 0 Å². The van der Waals surface area contributed by atoms with Gasteiger partial charge in [0.05, 0.1) is 12.2 Å². The van der Waals surface area contributed by atoms with E-state index < -0.39 is 0 Å². The zero-order chi connectivity index (χ0) is 31.0. The SMILES string of the molecule is C[C@@H]1CN(CC(=O)N2CC(C)(C)c3cnc(Cc4ccc(F)cc4)cc32)[C@@H](CN2[C@H](C)CN(c3ncccn3)C[C@H]2C)CN1. The highest BCUT2D eigenvalue weighted by Crippen LogP contribution is 2.40. The molecule has 2 fully saturated rings. The Morgan fingerprint density at radius 1 is 1.02 bits per heavy atom. The van der Waals surface area contributed by atoms with Gasteiger partial charge in [0.15, 0.2) is 0 Å². The van der Waals surface area contributed by atoms with Gasteiger partial charge in [0.1, 0.15) is 5.82 Å². The Hall–Kier alpha value is -3.47. The van der Waals surface area contributed by atoms with Crippen molar-refractivity contribution in [3.8, 4) is 0 Å². The van der Waals surface area contributed by atoms with Crippen LogP contribution >= 0.6 is 0 Å². The van der Waals surface area contributed by atoms with Crippen molar-refractivity contribution >= 4 is 17.5 Å². The van der Waals surface area contributed by atoms with Gasteiger partial charge in [-0.05, 0) is 50.6 Å². The monoisotopic (exact) mass is 600 g/mol. The van der Waals surface area contributed by atoms with Crippen LogP contribution in [0.3, 0.4) is 0 Å². The Morgan fingerprint density at radius 2 is 1.73 bits per heavy atom. The molecule has 2 saturated heterocycles. The average molecular weight is 601 g/mol. The van der Waals surface area contributed by atoms with Crippen molar-refractivity contribution in [1.29, 1.82) is 0 Å². The molecule has 44 heavy (non-hydrogen) atoms. The molecule has 234 valence electrons. The summed E-state index contributed by atoms with van der Waals surface area (Å²) in [4.78, 5) is 37.0. The van der Waals surface area contributed by atoms with E-state index in [1.54, 1.807) is 24.5 Å². The first-order valence-electron chi connectivity index (χ1n) is 15.9. The average Bonchev–Trinajstić information content (AvgIpc) is 3.27. The van der Waals surface area contributed by atoms with Gasteiger partial charge in [-0.1, -0.05) is 26.0 Å². The van der Waals surface area contributed by atoms with E-state index >= 15 is 0 Å². The fraction of sp³-hybridized carbons (Fsp3) is 0.529. The number of nitrogens with one attached hydrogen (secondary N) is 1. The number of benzene rings is 1. The van der Waals surface area contributed by atoms with E-state index in [2.05, 4.69) is 70.7 Å². The third-order valence-corrected chi connectivity index (χ3v) is 9.53. The molecule has 0 saturated carbocycles. The second kappa shape index (κ2) is 12.5. The van der Waals surface area contributed by atoms with Gasteiger partial charge in [-0.25, -0.2) is 14.4 Å². The number of aromatic nitrogens is 3. The lowest BCUT2D eigenvalue weighted by molar-refractivity contribution is -0.121. The van der Waals surface area contributed by atoms with E-state index in [0.29, 0.717) is 37.6 Å². The number of amides is 1. The van der Waals surface area contributed by atoms with Crippen LogP contribution in [0.4, 0.5) is 16.0 Å². The largest absolute Gasteiger partial charge is 0.338 e. The number of pyridine rings is 1. The fourth-order valence-electron chi connectivity index (χ4n) is 7.17. The first-order valence-corrected chi connectivity index (χ1v) is 15.9. The molecule has 0 unspecified atom stereocenters. The second-order valence-corrected chi connectivity index (χ2v) is 13.6. The number of nitrogens with zero attached hydrogens (tertiary/aromatic N) is 7. The van der Waals surface area contributed by atoms with Crippen LogP contribution in [0.1, 0.15) is 51.4 Å². The summed E-state index contributed by atoms with van der Waals surface area (Å²) in [5, 5.41) is 3.67. The molecule has 3 aromatic rings. The molecular weight excluding hydrogens is 555 g/mol. The maximum atomic E-state index is 14.1. The van der Waals surface area contributed by atoms with Crippen molar-refractivity contribution in [3.05, 3.63) is 77.6 Å². The minimum Gasteiger partial charge on any atom is -0.338 e. The number of carbonyl (C=O) groups is 1. The number of carbonyl (C=O) groups excluding carboxylic acids is 1. The zero-order valence-electron chi connectivity index (χ0n) is 26.6. The second-order valence-electron chi connectivity index (χ2n) is 13.6. The summed E-state index contributed by atoms with van der Waals surface area (Å²) >= 11 is 0.